The van der Waals surface area contributed by atoms with E-state index < -0.39 is 31.0 Å². The van der Waals surface area contributed by atoms with E-state index in [0.29, 0.717) is 10.8 Å². The number of ether oxygens (including phenoxy) is 1. The molecule has 3 N–H and O–H groups in total. The van der Waals surface area contributed by atoms with Crippen LogP contribution < -0.4 is 15.8 Å². The zero-order valence-electron chi connectivity index (χ0n) is 10.3. The highest BCUT2D eigenvalue weighted by Gasteiger charge is 2.28. The standard InChI is InChI=1S/C12H15ClF2N2O2/c1-8(11(18)17-7-12(14,15)6-16)19-10-5-3-2-4-9(10)13/h2-5,8H,6-7,16H2,1H3,(H,17,18). The van der Waals surface area contributed by atoms with Gasteiger partial charge in [-0.3, -0.25) is 4.79 Å². The van der Waals surface area contributed by atoms with Crippen molar-refractivity contribution in [3.63, 3.8) is 0 Å². The molecule has 0 aliphatic carbocycles. The number of alkyl halides is 2. The Hall–Kier alpha value is -1.40. The third-order valence-corrected chi connectivity index (χ3v) is 2.64. The average molecular weight is 293 g/mol. The Morgan fingerprint density at radius 1 is 1.53 bits per heavy atom. The molecule has 1 aromatic rings. The molecular formula is C12H15ClF2N2O2. The van der Waals surface area contributed by atoms with E-state index in [4.69, 9.17) is 22.1 Å². The number of carbonyl (C=O) groups excluding carboxylic acids is 1. The van der Waals surface area contributed by atoms with Gasteiger partial charge in [0.15, 0.2) is 6.10 Å². The lowest BCUT2D eigenvalue weighted by Gasteiger charge is -2.18. The van der Waals surface area contributed by atoms with E-state index in [1.54, 1.807) is 24.3 Å². The molecule has 0 saturated carbocycles. The minimum Gasteiger partial charge on any atom is -0.479 e. The third kappa shape index (κ3) is 5.00. The van der Waals surface area contributed by atoms with Gasteiger partial charge in [0, 0.05) is 0 Å². The molecule has 0 bridgehead atoms. The number of halogens is 3. The van der Waals surface area contributed by atoms with Crippen molar-refractivity contribution in [3.05, 3.63) is 29.3 Å². The fourth-order valence-corrected chi connectivity index (χ4v) is 1.40. The molecule has 106 valence electrons. The quantitative estimate of drug-likeness (QED) is 0.840. The molecule has 0 aromatic heterocycles. The predicted molar refractivity (Wildman–Crippen MR) is 68.6 cm³/mol. The third-order valence-electron chi connectivity index (χ3n) is 2.33. The zero-order valence-corrected chi connectivity index (χ0v) is 11.1. The minimum absolute atomic E-state index is 0.317. The smallest absolute Gasteiger partial charge is 0.277 e. The van der Waals surface area contributed by atoms with Gasteiger partial charge in [-0.25, -0.2) is 8.78 Å². The van der Waals surface area contributed by atoms with Gasteiger partial charge in [-0.05, 0) is 19.1 Å². The van der Waals surface area contributed by atoms with Crippen LogP contribution in [0.15, 0.2) is 24.3 Å². The summed E-state index contributed by atoms with van der Waals surface area (Å²) in [6, 6.07) is 6.58. The van der Waals surface area contributed by atoms with Crippen LogP contribution in [-0.2, 0) is 4.79 Å². The highest BCUT2D eigenvalue weighted by atomic mass is 35.5. The molecule has 19 heavy (non-hydrogen) atoms. The van der Waals surface area contributed by atoms with E-state index in [0.717, 1.165) is 0 Å². The first kappa shape index (κ1) is 15.7. The van der Waals surface area contributed by atoms with E-state index in [1.165, 1.54) is 6.92 Å². The van der Waals surface area contributed by atoms with Crippen LogP contribution in [0.4, 0.5) is 8.78 Å². The zero-order chi connectivity index (χ0) is 14.5. The van der Waals surface area contributed by atoms with E-state index in [1.807, 2.05) is 0 Å². The minimum atomic E-state index is -3.13. The molecule has 0 heterocycles. The van der Waals surface area contributed by atoms with Crippen LogP contribution in [0.5, 0.6) is 5.75 Å². The number of hydrogen-bond acceptors (Lipinski definition) is 3. The molecule has 0 aliphatic heterocycles. The largest absolute Gasteiger partial charge is 0.479 e. The lowest BCUT2D eigenvalue weighted by Crippen LogP contribution is -2.45. The summed E-state index contributed by atoms with van der Waals surface area (Å²) in [7, 11) is 0. The van der Waals surface area contributed by atoms with E-state index in [9.17, 15) is 13.6 Å². The van der Waals surface area contributed by atoms with Crippen LogP contribution in [0.3, 0.4) is 0 Å². The van der Waals surface area contributed by atoms with Gasteiger partial charge in [0.25, 0.3) is 11.8 Å². The predicted octanol–water partition coefficient (Wildman–Crippen LogP) is 1.82. The van der Waals surface area contributed by atoms with Crippen LogP contribution in [0, 0.1) is 0 Å². The Labute approximate surface area is 114 Å². The maximum absolute atomic E-state index is 12.9. The molecule has 0 aliphatic rings. The normalized spacial score (nSPS) is 12.9. The Morgan fingerprint density at radius 2 is 2.16 bits per heavy atom. The van der Waals surface area contributed by atoms with Crippen LogP contribution in [0.1, 0.15) is 6.92 Å². The summed E-state index contributed by atoms with van der Waals surface area (Å²) in [5.74, 6) is -3.47. The number of hydrogen-bond donors (Lipinski definition) is 2. The van der Waals surface area contributed by atoms with Crippen molar-refractivity contribution < 1.29 is 18.3 Å². The fraction of sp³-hybridized carbons (Fsp3) is 0.417. The van der Waals surface area contributed by atoms with Gasteiger partial charge >= 0.3 is 0 Å². The van der Waals surface area contributed by atoms with Gasteiger partial charge < -0.3 is 15.8 Å². The van der Waals surface area contributed by atoms with Gasteiger partial charge in [0.1, 0.15) is 5.75 Å². The highest BCUT2D eigenvalue weighted by Crippen LogP contribution is 2.24. The Morgan fingerprint density at radius 3 is 2.74 bits per heavy atom. The van der Waals surface area contributed by atoms with Crippen LogP contribution >= 0.6 is 11.6 Å². The molecule has 1 unspecified atom stereocenters. The molecule has 1 atom stereocenters. The molecule has 0 saturated heterocycles. The number of carbonyl (C=O) groups is 1. The number of nitrogens with one attached hydrogen (secondary N) is 1. The number of para-hydroxylation sites is 1. The maximum atomic E-state index is 12.9. The van der Waals surface area contributed by atoms with E-state index in [-0.39, 0.29) is 0 Å². The summed E-state index contributed by atoms with van der Waals surface area (Å²) in [5, 5.41) is 2.42. The Balaban J connectivity index is 2.52. The topological polar surface area (TPSA) is 64.3 Å². The van der Waals surface area contributed by atoms with Crippen molar-refractivity contribution in [2.24, 2.45) is 5.73 Å². The molecule has 1 amide bonds. The van der Waals surface area contributed by atoms with Crippen LogP contribution in [0.2, 0.25) is 5.02 Å². The number of amides is 1. The first-order valence-corrected chi connectivity index (χ1v) is 6.00. The monoisotopic (exact) mass is 292 g/mol. The van der Waals surface area contributed by atoms with Crippen molar-refractivity contribution in [1.29, 1.82) is 0 Å². The summed E-state index contributed by atoms with van der Waals surface area (Å²) in [6.45, 7) is -0.204. The molecule has 1 aromatic carbocycles. The molecule has 0 fully saturated rings. The summed E-state index contributed by atoms with van der Waals surface area (Å²) in [5.41, 5.74) is 4.86. The van der Waals surface area contributed by atoms with E-state index >= 15 is 0 Å². The average Bonchev–Trinajstić information content (AvgIpc) is 2.38. The lowest BCUT2D eigenvalue weighted by atomic mass is 10.3. The highest BCUT2D eigenvalue weighted by molar-refractivity contribution is 6.32. The molecular weight excluding hydrogens is 278 g/mol. The number of benzene rings is 1. The first-order valence-electron chi connectivity index (χ1n) is 5.62. The van der Waals surface area contributed by atoms with Gasteiger partial charge in [-0.1, -0.05) is 23.7 Å². The fourth-order valence-electron chi connectivity index (χ4n) is 1.22. The van der Waals surface area contributed by atoms with Gasteiger partial charge in [-0.15, -0.1) is 0 Å². The Bertz CT molecular complexity index is 443. The van der Waals surface area contributed by atoms with Gasteiger partial charge in [-0.2, -0.15) is 0 Å². The molecule has 7 heteroatoms. The van der Waals surface area contributed by atoms with Crippen molar-refractivity contribution in [2.75, 3.05) is 13.1 Å². The van der Waals surface area contributed by atoms with Gasteiger partial charge in [0.2, 0.25) is 0 Å². The molecule has 0 spiro atoms. The van der Waals surface area contributed by atoms with E-state index in [2.05, 4.69) is 5.32 Å². The second-order valence-electron chi connectivity index (χ2n) is 3.97. The van der Waals surface area contributed by atoms with Crippen LogP contribution in [-0.4, -0.2) is 31.0 Å². The molecule has 4 nitrogen and oxygen atoms in total. The summed E-state index contributed by atoms with van der Waals surface area (Å²) >= 11 is 5.85. The molecule has 0 radical (unpaired) electrons. The summed E-state index contributed by atoms with van der Waals surface area (Å²) in [6.07, 6.45) is -0.937. The van der Waals surface area contributed by atoms with Crippen molar-refractivity contribution in [1.82, 2.24) is 5.32 Å². The first-order chi connectivity index (χ1) is 8.85. The SMILES string of the molecule is CC(Oc1ccccc1Cl)C(=O)NCC(F)(F)CN. The van der Waals surface area contributed by atoms with Crippen molar-refractivity contribution >= 4 is 17.5 Å². The molecule has 1 rings (SSSR count). The van der Waals surface area contributed by atoms with Crippen molar-refractivity contribution in [3.8, 4) is 5.75 Å². The van der Waals surface area contributed by atoms with Crippen LogP contribution in [0.25, 0.3) is 0 Å². The lowest BCUT2D eigenvalue weighted by molar-refractivity contribution is -0.129. The summed E-state index contributed by atoms with van der Waals surface area (Å²) in [4.78, 5) is 11.6. The number of rotatable bonds is 6. The summed E-state index contributed by atoms with van der Waals surface area (Å²) < 4.78 is 31.0. The van der Waals surface area contributed by atoms with Crippen molar-refractivity contribution in [2.45, 2.75) is 19.0 Å². The maximum Gasteiger partial charge on any atom is 0.277 e. The number of nitrogens with two attached hydrogens (primary N) is 1. The second-order valence-corrected chi connectivity index (χ2v) is 4.38. The second kappa shape index (κ2) is 6.68. The Kier molecular flexibility index (Phi) is 5.50. The van der Waals surface area contributed by atoms with Gasteiger partial charge in [0.05, 0.1) is 18.1 Å².